The van der Waals surface area contributed by atoms with Crippen molar-refractivity contribution in [3.63, 3.8) is 0 Å². The SMILES string of the molecule is CCCOc1c(Cl)cc(C(=O)Nc2cc(Cl)ccc2C)cc1OCC. The maximum Gasteiger partial charge on any atom is 0.255 e. The van der Waals surface area contributed by atoms with Crippen LogP contribution >= 0.6 is 23.2 Å². The molecule has 0 saturated heterocycles. The largest absolute Gasteiger partial charge is 0.490 e. The molecule has 1 amide bonds. The van der Waals surface area contributed by atoms with Crippen LogP contribution in [0.1, 0.15) is 36.2 Å². The van der Waals surface area contributed by atoms with E-state index in [1.807, 2.05) is 26.8 Å². The van der Waals surface area contributed by atoms with E-state index in [0.717, 1.165) is 12.0 Å². The van der Waals surface area contributed by atoms with Gasteiger partial charge in [-0.2, -0.15) is 0 Å². The van der Waals surface area contributed by atoms with E-state index in [9.17, 15) is 4.79 Å². The molecule has 6 heteroatoms. The molecular formula is C19H21Cl2NO3. The maximum atomic E-state index is 12.6. The van der Waals surface area contributed by atoms with Gasteiger partial charge >= 0.3 is 0 Å². The third-order valence-corrected chi connectivity index (χ3v) is 3.99. The Morgan fingerprint density at radius 2 is 1.88 bits per heavy atom. The average Bonchev–Trinajstić information content (AvgIpc) is 2.57. The number of amides is 1. The number of benzene rings is 2. The van der Waals surface area contributed by atoms with Gasteiger partial charge in [-0.05, 0) is 50.1 Å². The first kappa shape index (κ1) is 19.4. The monoisotopic (exact) mass is 381 g/mol. The molecule has 0 aliphatic rings. The molecule has 0 aliphatic carbocycles. The van der Waals surface area contributed by atoms with Gasteiger partial charge in [0.1, 0.15) is 0 Å². The Balaban J connectivity index is 2.31. The smallest absolute Gasteiger partial charge is 0.255 e. The highest BCUT2D eigenvalue weighted by Gasteiger charge is 2.17. The van der Waals surface area contributed by atoms with Crippen molar-refractivity contribution >= 4 is 34.8 Å². The second-order valence-electron chi connectivity index (χ2n) is 5.48. The summed E-state index contributed by atoms with van der Waals surface area (Å²) in [5.74, 6) is 0.618. The minimum Gasteiger partial charge on any atom is -0.490 e. The molecule has 0 bridgehead atoms. The van der Waals surface area contributed by atoms with Crippen LogP contribution in [0, 0.1) is 6.92 Å². The van der Waals surface area contributed by atoms with E-state index in [4.69, 9.17) is 32.7 Å². The Morgan fingerprint density at radius 3 is 2.56 bits per heavy atom. The molecule has 0 saturated carbocycles. The van der Waals surface area contributed by atoms with E-state index in [1.165, 1.54) is 0 Å². The number of ether oxygens (including phenoxy) is 2. The van der Waals surface area contributed by atoms with Crippen molar-refractivity contribution in [2.45, 2.75) is 27.2 Å². The lowest BCUT2D eigenvalue weighted by Gasteiger charge is -2.15. The summed E-state index contributed by atoms with van der Waals surface area (Å²) in [4.78, 5) is 12.6. The first-order valence-electron chi connectivity index (χ1n) is 8.12. The molecule has 134 valence electrons. The Labute approximate surface area is 158 Å². The van der Waals surface area contributed by atoms with E-state index in [1.54, 1.807) is 24.3 Å². The van der Waals surface area contributed by atoms with Gasteiger partial charge in [-0.15, -0.1) is 0 Å². The van der Waals surface area contributed by atoms with Gasteiger partial charge in [0.2, 0.25) is 0 Å². The van der Waals surface area contributed by atoms with Gasteiger partial charge < -0.3 is 14.8 Å². The van der Waals surface area contributed by atoms with Gasteiger partial charge in [0.15, 0.2) is 11.5 Å². The number of anilines is 1. The van der Waals surface area contributed by atoms with Crippen LogP contribution in [0.4, 0.5) is 5.69 Å². The number of aryl methyl sites for hydroxylation is 1. The molecule has 0 unspecified atom stereocenters. The van der Waals surface area contributed by atoms with Gasteiger partial charge in [0, 0.05) is 16.3 Å². The zero-order chi connectivity index (χ0) is 18.4. The predicted molar refractivity (Wildman–Crippen MR) is 103 cm³/mol. The second-order valence-corrected chi connectivity index (χ2v) is 6.32. The van der Waals surface area contributed by atoms with Crippen molar-refractivity contribution < 1.29 is 14.3 Å². The Kier molecular flexibility index (Phi) is 6.97. The number of rotatable bonds is 7. The summed E-state index contributed by atoms with van der Waals surface area (Å²) in [6.45, 7) is 6.72. The third kappa shape index (κ3) is 5.03. The van der Waals surface area contributed by atoms with Crippen LogP contribution in [0.5, 0.6) is 11.5 Å². The van der Waals surface area contributed by atoms with E-state index in [0.29, 0.717) is 46.0 Å². The highest BCUT2D eigenvalue weighted by atomic mass is 35.5. The lowest BCUT2D eigenvalue weighted by molar-refractivity contribution is 0.102. The van der Waals surface area contributed by atoms with Crippen LogP contribution < -0.4 is 14.8 Å². The van der Waals surface area contributed by atoms with Gasteiger partial charge in [-0.1, -0.05) is 36.2 Å². The molecule has 0 spiro atoms. The predicted octanol–water partition coefficient (Wildman–Crippen LogP) is 5.74. The molecule has 2 rings (SSSR count). The minimum absolute atomic E-state index is 0.296. The highest BCUT2D eigenvalue weighted by molar-refractivity contribution is 6.33. The Hall–Kier alpha value is -1.91. The molecule has 0 aliphatic heterocycles. The second kappa shape index (κ2) is 8.97. The summed E-state index contributed by atoms with van der Waals surface area (Å²) in [7, 11) is 0. The quantitative estimate of drug-likeness (QED) is 0.664. The standard InChI is InChI=1S/C19H21Cl2NO3/c1-4-8-25-18-15(21)9-13(10-17(18)24-5-2)19(23)22-16-11-14(20)7-6-12(16)3/h6-7,9-11H,4-5,8H2,1-3H3,(H,22,23). The van der Waals surface area contributed by atoms with Crippen molar-refractivity contribution in [3.05, 3.63) is 51.5 Å². The summed E-state index contributed by atoms with van der Waals surface area (Å²) in [5, 5.41) is 3.74. The fourth-order valence-corrected chi connectivity index (χ4v) is 2.67. The molecule has 0 aromatic heterocycles. The number of halogens is 2. The Bertz CT molecular complexity index is 763. The summed E-state index contributed by atoms with van der Waals surface area (Å²) in [5.41, 5.74) is 1.95. The van der Waals surface area contributed by atoms with Crippen molar-refractivity contribution in [3.8, 4) is 11.5 Å². The van der Waals surface area contributed by atoms with E-state index < -0.39 is 0 Å². The lowest BCUT2D eigenvalue weighted by Crippen LogP contribution is -2.13. The molecule has 0 heterocycles. The van der Waals surface area contributed by atoms with Crippen molar-refractivity contribution in [2.24, 2.45) is 0 Å². The van der Waals surface area contributed by atoms with Gasteiger partial charge in [0.05, 0.1) is 18.2 Å². The van der Waals surface area contributed by atoms with Crippen LogP contribution in [0.3, 0.4) is 0 Å². The first-order chi connectivity index (χ1) is 12.0. The van der Waals surface area contributed by atoms with Crippen molar-refractivity contribution in [1.29, 1.82) is 0 Å². The fraction of sp³-hybridized carbons (Fsp3) is 0.316. The highest BCUT2D eigenvalue weighted by Crippen LogP contribution is 2.37. The number of hydrogen-bond acceptors (Lipinski definition) is 3. The van der Waals surface area contributed by atoms with Gasteiger partial charge in [-0.3, -0.25) is 4.79 Å². The number of nitrogens with one attached hydrogen (secondary N) is 1. The number of hydrogen-bond donors (Lipinski definition) is 1. The van der Waals surface area contributed by atoms with E-state index in [-0.39, 0.29) is 5.91 Å². The molecular weight excluding hydrogens is 361 g/mol. The zero-order valence-corrected chi connectivity index (χ0v) is 16.0. The summed E-state index contributed by atoms with van der Waals surface area (Å²) in [6, 6.07) is 8.53. The molecule has 1 N–H and O–H groups in total. The van der Waals surface area contributed by atoms with E-state index in [2.05, 4.69) is 5.32 Å². The molecule has 0 atom stereocenters. The topological polar surface area (TPSA) is 47.6 Å². The zero-order valence-electron chi connectivity index (χ0n) is 14.5. The van der Waals surface area contributed by atoms with Crippen molar-refractivity contribution in [2.75, 3.05) is 18.5 Å². The maximum absolute atomic E-state index is 12.6. The summed E-state index contributed by atoms with van der Waals surface area (Å²) < 4.78 is 11.2. The summed E-state index contributed by atoms with van der Waals surface area (Å²) >= 11 is 12.3. The van der Waals surface area contributed by atoms with Crippen LogP contribution in [-0.4, -0.2) is 19.1 Å². The average molecular weight is 382 g/mol. The first-order valence-corrected chi connectivity index (χ1v) is 8.88. The van der Waals surface area contributed by atoms with Crippen LogP contribution in [0.15, 0.2) is 30.3 Å². The van der Waals surface area contributed by atoms with Crippen LogP contribution in [0.25, 0.3) is 0 Å². The number of carbonyl (C=O) groups is 1. The molecule has 2 aromatic carbocycles. The molecule has 0 fully saturated rings. The molecule has 25 heavy (non-hydrogen) atoms. The molecule has 0 radical (unpaired) electrons. The lowest BCUT2D eigenvalue weighted by atomic mass is 10.1. The van der Waals surface area contributed by atoms with Gasteiger partial charge in [0.25, 0.3) is 5.91 Å². The normalized spacial score (nSPS) is 10.4. The molecule has 2 aromatic rings. The third-order valence-electron chi connectivity index (χ3n) is 3.47. The summed E-state index contributed by atoms with van der Waals surface area (Å²) in [6.07, 6.45) is 0.845. The fourth-order valence-electron chi connectivity index (χ4n) is 2.23. The Morgan fingerprint density at radius 1 is 1.12 bits per heavy atom. The molecule has 4 nitrogen and oxygen atoms in total. The minimum atomic E-state index is -0.296. The van der Waals surface area contributed by atoms with Crippen molar-refractivity contribution in [1.82, 2.24) is 0 Å². The van der Waals surface area contributed by atoms with Crippen LogP contribution in [0.2, 0.25) is 10.0 Å². The van der Waals surface area contributed by atoms with E-state index >= 15 is 0 Å². The number of carbonyl (C=O) groups excluding carboxylic acids is 1. The van der Waals surface area contributed by atoms with Crippen LogP contribution in [-0.2, 0) is 0 Å². The van der Waals surface area contributed by atoms with Gasteiger partial charge in [-0.25, -0.2) is 0 Å².